The Hall–Kier alpha value is -1.40. The van der Waals surface area contributed by atoms with Crippen molar-refractivity contribution in [3.8, 4) is 0 Å². The van der Waals surface area contributed by atoms with E-state index < -0.39 is 22.2 Å². The monoisotopic (exact) mass is 270 g/mol. The van der Waals surface area contributed by atoms with E-state index in [9.17, 15) is 13.2 Å². The van der Waals surface area contributed by atoms with Crippen molar-refractivity contribution in [1.29, 1.82) is 0 Å². The van der Waals surface area contributed by atoms with Gasteiger partial charge in [-0.25, -0.2) is 4.79 Å². The molecule has 1 saturated heterocycles. The molecule has 0 bridgehead atoms. The summed E-state index contributed by atoms with van der Waals surface area (Å²) >= 11 is 0. The lowest BCUT2D eigenvalue weighted by molar-refractivity contribution is 0.0270. The summed E-state index contributed by atoms with van der Waals surface area (Å²) in [5, 5.41) is 0. The average Bonchev–Trinajstić information content (AvgIpc) is 2.28. The Bertz CT molecular complexity index is 532. The van der Waals surface area contributed by atoms with Gasteiger partial charge in [0.15, 0.2) is 0 Å². The van der Waals surface area contributed by atoms with Crippen LogP contribution in [-0.4, -0.2) is 32.9 Å². The van der Waals surface area contributed by atoms with Crippen LogP contribution < -0.4 is 0 Å². The number of carbonyl (C=O) groups excluding carboxylic acids is 1. The van der Waals surface area contributed by atoms with E-state index in [0.717, 1.165) is 5.56 Å². The van der Waals surface area contributed by atoms with Gasteiger partial charge in [-0.05, 0) is 19.1 Å². The molecule has 1 fully saturated rings. The van der Waals surface area contributed by atoms with Gasteiger partial charge in [0.05, 0.1) is 12.2 Å². The third-order valence-electron chi connectivity index (χ3n) is 2.65. The Kier molecular flexibility index (Phi) is 3.68. The van der Waals surface area contributed by atoms with Crippen LogP contribution in [-0.2, 0) is 19.0 Å². The van der Waals surface area contributed by atoms with Crippen LogP contribution in [0, 0.1) is 6.92 Å². The van der Waals surface area contributed by atoms with E-state index in [4.69, 9.17) is 4.74 Å². The van der Waals surface area contributed by atoms with Gasteiger partial charge in [-0.2, -0.15) is 8.42 Å². The Balaban J connectivity index is 2.01. The molecule has 1 aromatic rings. The first kappa shape index (κ1) is 13.0. The zero-order valence-electron chi connectivity index (χ0n) is 9.96. The molecule has 1 aliphatic rings. The smallest absolute Gasteiger partial charge is 0.338 e. The highest BCUT2D eigenvalue weighted by Crippen LogP contribution is 2.15. The summed E-state index contributed by atoms with van der Waals surface area (Å²) in [7, 11) is -3.54. The first-order valence-corrected chi connectivity index (χ1v) is 7.19. The van der Waals surface area contributed by atoms with Crippen molar-refractivity contribution < 1.29 is 22.1 Å². The molecular weight excluding hydrogens is 256 g/mol. The summed E-state index contributed by atoms with van der Waals surface area (Å²) in [5.74, 6) is -0.776. The first-order valence-electron chi connectivity index (χ1n) is 5.61. The van der Waals surface area contributed by atoms with Gasteiger partial charge in [-0.1, -0.05) is 17.7 Å². The Morgan fingerprint density at radius 1 is 1.33 bits per heavy atom. The second-order valence-electron chi connectivity index (χ2n) is 4.23. The standard InChI is InChI=1S/C12H14O5S/c1-9-2-4-10(5-3-9)12(13)17-11-6-7-16-18(14,15)8-11/h2-5,11H,6-8H2,1H3. The maximum absolute atomic E-state index is 11.8. The molecule has 5 nitrogen and oxygen atoms in total. The number of rotatable bonds is 2. The molecule has 1 heterocycles. The van der Waals surface area contributed by atoms with Crippen LogP contribution in [0.4, 0.5) is 0 Å². The third kappa shape index (κ3) is 3.30. The highest BCUT2D eigenvalue weighted by Gasteiger charge is 2.28. The highest BCUT2D eigenvalue weighted by atomic mass is 32.2. The van der Waals surface area contributed by atoms with Gasteiger partial charge in [-0.3, -0.25) is 4.18 Å². The summed E-state index contributed by atoms with van der Waals surface area (Å²) < 4.78 is 32.2. The number of ether oxygens (including phenoxy) is 1. The molecule has 0 saturated carbocycles. The van der Waals surface area contributed by atoms with E-state index in [-0.39, 0.29) is 12.4 Å². The molecule has 2 rings (SSSR count). The van der Waals surface area contributed by atoms with Crippen molar-refractivity contribution in [2.24, 2.45) is 0 Å². The molecule has 1 aromatic carbocycles. The molecule has 0 aromatic heterocycles. The van der Waals surface area contributed by atoms with Crippen LogP contribution in [0.5, 0.6) is 0 Å². The highest BCUT2D eigenvalue weighted by molar-refractivity contribution is 7.86. The molecule has 0 N–H and O–H groups in total. The topological polar surface area (TPSA) is 69.7 Å². The Morgan fingerprint density at radius 3 is 2.61 bits per heavy atom. The predicted octanol–water partition coefficient (Wildman–Crippen LogP) is 1.27. The lowest BCUT2D eigenvalue weighted by atomic mass is 10.1. The predicted molar refractivity (Wildman–Crippen MR) is 64.7 cm³/mol. The third-order valence-corrected chi connectivity index (χ3v) is 3.96. The van der Waals surface area contributed by atoms with E-state index in [1.807, 2.05) is 6.92 Å². The fourth-order valence-corrected chi connectivity index (χ4v) is 2.80. The first-order chi connectivity index (χ1) is 8.46. The molecule has 98 valence electrons. The minimum Gasteiger partial charge on any atom is -0.458 e. The SMILES string of the molecule is Cc1ccc(C(=O)OC2CCOS(=O)(=O)C2)cc1. The minimum atomic E-state index is -3.54. The lowest BCUT2D eigenvalue weighted by Crippen LogP contribution is -2.34. The van der Waals surface area contributed by atoms with Crippen molar-refractivity contribution in [2.75, 3.05) is 12.4 Å². The minimum absolute atomic E-state index is 0.0637. The van der Waals surface area contributed by atoms with Crippen molar-refractivity contribution in [3.63, 3.8) is 0 Å². The van der Waals surface area contributed by atoms with E-state index in [0.29, 0.717) is 12.0 Å². The number of carbonyl (C=O) groups is 1. The van der Waals surface area contributed by atoms with Crippen molar-refractivity contribution in [1.82, 2.24) is 0 Å². The Labute approximate surface area is 106 Å². The lowest BCUT2D eigenvalue weighted by Gasteiger charge is -2.21. The molecule has 18 heavy (non-hydrogen) atoms. The molecule has 1 unspecified atom stereocenters. The van der Waals surface area contributed by atoms with Gasteiger partial charge < -0.3 is 4.74 Å². The number of hydrogen-bond acceptors (Lipinski definition) is 5. The van der Waals surface area contributed by atoms with Crippen LogP contribution in [0.15, 0.2) is 24.3 Å². The number of aryl methyl sites for hydroxylation is 1. The van der Waals surface area contributed by atoms with E-state index in [1.165, 1.54) is 0 Å². The van der Waals surface area contributed by atoms with Crippen LogP contribution in [0.3, 0.4) is 0 Å². The second-order valence-corrected chi connectivity index (χ2v) is 5.91. The van der Waals surface area contributed by atoms with Gasteiger partial charge in [0.2, 0.25) is 0 Å². The summed E-state index contributed by atoms with van der Waals surface area (Å²) in [5.41, 5.74) is 1.46. The normalized spacial score (nSPS) is 22.4. The fraction of sp³-hybridized carbons (Fsp3) is 0.417. The maximum atomic E-state index is 11.8. The second kappa shape index (κ2) is 5.07. The van der Waals surface area contributed by atoms with Gasteiger partial charge in [0, 0.05) is 6.42 Å². The molecule has 6 heteroatoms. The number of esters is 1. The van der Waals surface area contributed by atoms with Gasteiger partial charge in [-0.15, -0.1) is 0 Å². The van der Waals surface area contributed by atoms with Crippen LogP contribution in [0.25, 0.3) is 0 Å². The van der Waals surface area contributed by atoms with E-state index in [2.05, 4.69) is 4.18 Å². The van der Waals surface area contributed by atoms with Crippen LogP contribution >= 0.6 is 0 Å². The largest absolute Gasteiger partial charge is 0.458 e. The number of hydrogen-bond donors (Lipinski definition) is 0. The Morgan fingerprint density at radius 2 is 2.00 bits per heavy atom. The van der Waals surface area contributed by atoms with Crippen molar-refractivity contribution in [2.45, 2.75) is 19.4 Å². The molecule has 0 spiro atoms. The molecule has 0 aliphatic carbocycles. The zero-order chi connectivity index (χ0) is 13.2. The van der Waals surface area contributed by atoms with Gasteiger partial charge in [0.1, 0.15) is 11.9 Å². The van der Waals surface area contributed by atoms with Crippen LogP contribution in [0.2, 0.25) is 0 Å². The van der Waals surface area contributed by atoms with E-state index >= 15 is 0 Å². The molecular formula is C12H14O5S. The van der Waals surface area contributed by atoms with Crippen molar-refractivity contribution in [3.05, 3.63) is 35.4 Å². The van der Waals surface area contributed by atoms with Crippen LogP contribution in [0.1, 0.15) is 22.3 Å². The van der Waals surface area contributed by atoms with Crippen molar-refractivity contribution >= 4 is 16.1 Å². The summed E-state index contributed by atoms with van der Waals surface area (Å²) in [4.78, 5) is 11.8. The quantitative estimate of drug-likeness (QED) is 0.598. The fourth-order valence-electron chi connectivity index (χ4n) is 1.67. The summed E-state index contributed by atoms with van der Waals surface area (Å²) in [6, 6.07) is 6.92. The molecule has 0 amide bonds. The molecule has 0 radical (unpaired) electrons. The average molecular weight is 270 g/mol. The summed E-state index contributed by atoms with van der Waals surface area (Å²) in [6.07, 6.45) is -0.228. The van der Waals surface area contributed by atoms with E-state index in [1.54, 1.807) is 24.3 Å². The van der Waals surface area contributed by atoms with Gasteiger partial charge in [0.25, 0.3) is 10.1 Å². The zero-order valence-corrected chi connectivity index (χ0v) is 10.8. The molecule has 1 atom stereocenters. The maximum Gasteiger partial charge on any atom is 0.338 e. The summed E-state index contributed by atoms with van der Waals surface area (Å²) in [6.45, 7) is 1.98. The molecule has 1 aliphatic heterocycles. The van der Waals surface area contributed by atoms with Gasteiger partial charge >= 0.3 is 5.97 Å². The number of benzene rings is 1.